The van der Waals surface area contributed by atoms with Crippen molar-refractivity contribution in [1.29, 1.82) is 0 Å². The summed E-state index contributed by atoms with van der Waals surface area (Å²) in [6, 6.07) is 37.8. The molecule has 0 unspecified atom stereocenters. The highest BCUT2D eigenvalue weighted by atomic mass is 79.9. The van der Waals surface area contributed by atoms with Gasteiger partial charge in [0, 0.05) is 15.1 Å². The van der Waals surface area contributed by atoms with Crippen LogP contribution in [-0.4, -0.2) is 0 Å². The topological polar surface area (TPSA) is 17.1 Å². The fourth-order valence-electron chi connectivity index (χ4n) is 3.34. The van der Waals surface area contributed by atoms with E-state index in [-0.39, 0.29) is 0 Å². The first-order chi connectivity index (χ1) is 14.2. The van der Waals surface area contributed by atoms with E-state index in [2.05, 4.69) is 40.2 Å². The van der Waals surface area contributed by atoms with Crippen LogP contribution >= 0.6 is 23.1 Å². The van der Waals surface area contributed by atoms with Crippen LogP contribution in [0.3, 0.4) is 0 Å². The van der Waals surface area contributed by atoms with Gasteiger partial charge < -0.3 is 4.57 Å². The average Bonchev–Trinajstić information content (AvgIpc) is 2.80. The fourth-order valence-corrected chi connectivity index (χ4v) is 6.09. The van der Waals surface area contributed by atoms with Crippen molar-refractivity contribution < 1.29 is 4.57 Å². The maximum absolute atomic E-state index is 14.6. The van der Waals surface area contributed by atoms with Gasteiger partial charge in [0.1, 0.15) is 0 Å². The van der Waals surface area contributed by atoms with E-state index in [0.29, 0.717) is 0 Å². The van der Waals surface area contributed by atoms with Crippen molar-refractivity contribution in [2.75, 3.05) is 0 Å². The number of hydrogen-bond donors (Lipinski definition) is 0. The lowest BCUT2D eigenvalue weighted by Crippen LogP contribution is -2.14. The van der Waals surface area contributed by atoms with Crippen LogP contribution < -0.4 is 10.6 Å². The van der Waals surface area contributed by atoms with E-state index >= 15 is 0 Å². The molecule has 0 saturated heterocycles. The first kappa shape index (κ1) is 19.6. The normalized spacial score (nSPS) is 12.0. The Balaban J connectivity index is 1.98. The molecule has 0 atom stereocenters. The highest BCUT2D eigenvalue weighted by Gasteiger charge is 2.26. The molecule has 0 aliphatic heterocycles. The molecule has 0 fully saturated rings. The standard InChI is InChI=1S/C26H20BrOP/c27-23-18-16-22(17-19-23)26(21-10-4-1-5-11-21)20-29(28,24-12-6-2-7-13-24)25-14-8-3-9-15-25/h1-20H/b26-20+. The van der Waals surface area contributed by atoms with Crippen LogP contribution in [0.4, 0.5) is 0 Å². The van der Waals surface area contributed by atoms with E-state index in [9.17, 15) is 4.57 Å². The lowest BCUT2D eigenvalue weighted by Gasteiger charge is -2.19. The SMILES string of the molecule is O=P(/C=C(\c1ccccc1)c1ccc(Br)cc1)(c1ccccc1)c1ccccc1. The minimum atomic E-state index is -3.00. The number of rotatable bonds is 5. The van der Waals surface area contributed by atoms with Crippen molar-refractivity contribution in [3.63, 3.8) is 0 Å². The van der Waals surface area contributed by atoms with E-state index in [1.54, 1.807) is 0 Å². The minimum absolute atomic E-state index is 0.830. The molecule has 0 aromatic heterocycles. The van der Waals surface area contributed by atoms with Gasteiger partial charge in [-0.1, -0.05) is 119 Å². The molecule has 4 aromatic carbocycles. The average molecular weight is 459 g/mol. The molecule has 3 heteroatoms. The highest BCUT2D eigenvalue weighted by Crippen LogP contribution is 2.48. The van der Waals surface area contributed by atoms with Crippen LogP contribution in [0.1, 0.15) is 11.1 Å². The highest BCUT2D eigenvalue weighted by molar-refractivity contribution is 9.10. The van der Waals surface area contributed by atoms with Crippen LogP contribution in [-0.2, 0) is 4.57 Å². The van der Waals surface area contributed by atoms with Crippen LogP contribution in [0.25, 0.3) is 5.57 Å². The van der Waals surface area contributed by atoms with Crippen LogP contribution in [0.5, 0.6) is 0 Å². The van der Waals surface area contributed by atoms with Gasteiger partial charge in [-0.05, 0) is 34.6 Å². The van der Waals surface area contributed by atoms with Gasteiger partial charge >= 0.3 is 0 Å². The summed E-state index contributed by atoms with van der Waals surface area (Å²) < 4.78 is 15.6. The molecule has 0 spiro atoms. The van der Waals surface area contributed by atoms with E-state index in [1.807, 2.05) is 96.8 Å². The molecule has 4 rings (SSSR count). The summed E-state index contributed by atoms with van der Waals surface area (Å²) in [4.78, 5) is 0. The second-order valence-electron chi connectivity index (χ2n) is 6.74. The van der Waals surface area contributed by atoms with Gasteiger partial charge in [-0.3, -0.25) is 0 Å². The van der Waals surface area contributed by atoms with Crippen molar-refractivity contribution in [2.24, 2.45) is 0 Å². The zero-order valence-corrected chi connectivity index (χ0v) is 18.3. The number of benzene rings is 4. The van der Waals surface area contributed by atoms with Gasteiger partial charge in [-0.25, -0.2) is 0 Å². The predicted octanol–water partition coefficient (Wildman–Crippen LogP) is 6.85. The summed E-state index contributed by atoms with van der Waals surface area (Å²) >= 11 is 3.51. The Hall–Kier alpha value is -2.67. The van der Waals surface area contributed by atoms with Gasteiger partial charge in [0.25, 0.3) is 0 Å². The number of halogens is 1. The summed E-state index contributed by atoms with van der Waals surface area (Å²) in [5.41, 5.74) is 3.04. The number of hydrogen-bond acceptors (Lipinski definition) is 1. The van der Waals surface area contributed by atoms with Crippen molar-refractivity contribution in [3.8, 4) is 0 Å². The molecule has 0 N–H and O–H groups in total. The van der Waals surface area contributed by atoms with E-state index < -0.39 is 7.14 Å². The first-order valence-corrected chi connectivity index (χ1v) is 12.0. The Labute approximate surface area is 180 Å². The van der Waals surface area contributed by atoms with Gasteiger partial charge in [0.2, 0.25) is 0 Å². The van der Waals surface area contributed by atoms with E-state index in [1.165, 1.54) is 0 Å². The maximum atomic E-state index is 14.6. The monoisotopic (exact) mass is 458 g/mol. The molecule has 4 aromatic rings. The Morgan fingerprint density at radius 2 is 1.00 bits per heavy atom. The molecule has 0 aliphatic carbocycles. The Morgan fingerprint density at radius 1 is 0.586 bits per heavy atom. The molecule has 0 amide bonds. The third-order valence-corrected chi connectivity index (χ3v) is 8.11. The summed E-state index contributed by atoms with van der Waals surface area (Å²) in [5, 5.41) is 1.66. The second-order valence-corrected chi connectivity index (χ2v) is 10.3. The lowest BCUT2D eigenvalue weighted by atomic mass is 10.00. The summed E-state index contributed by atoms with van der Waals surface area (Å²) in [6.45, 7) is 0. The van der Waals surface area contributed by atoms with E-state index in [4.69, 9.17) is 0 Å². The van der Waals surface area contributed by atoms with Gasteiger partial charge in [0.15, 0.2) is 7.14 Å². The molecule has 0 bridgehead atoms. The zero-order valence-electron chi connectivity index (χ0n) is 15.8. The van der Waals surface area contributed by atoms with Crippen LogP contribution in [0.2, 0.25) is 0 Å². The molecule has 0 saturated carbocycles. The van der Waals surface area contributed by atoms with Gasteiger partial charge in [-0.2, -0.15) is 0 Å². The molecule has 29 heavy (non-hydrogen) atoms. The molecule has 142 valence electrons. The van der Waals surface area contributed by atoms with Gasteiger partial charge in [0.05, 0.1) is 0 Å². The Kier molecular flexibility index (Phi) is 5.94. The van der Waals surface area contributed by atoms with Crippen LogP contribution in [0.15, 0.2) is 126 Å². The summed E-state index contributed by atoms with van der Waals surface area (Å²) in [6.07, 6.45) is 0. The van der Waals surface area contributed by atoms with Crippen molar-refractivity contribution in [3.05, 3.63) is 137 Å². The Bertz CT molecular complexity index is 1110. The smallest absolute Gasteiger partial charge is 0.164 e. The van der Waals surface area contributed by atoms with Crippen LogP contribution in [0, 0.1) is 0 Å². The van der Waals surface area contributed by atoms with Crippen molar-refractivity contribution in [2.45, 2.75) is 0 Å². The van der Waals surface area contributed by atoms with E-state index in [0.717, 1.165) is 31.8 Å². The molecule has 0 radical (unpaired) electrons. The lowest BCUT2D eigenvalue weighted by molar-refractivity contribution is 0.592. The molecular weight excluding hydrogens is 439 g/mol. The Morgan fingerprint density at radius 3 is 1.48 bits per heavy atom. The predicted molar refractivity (Wildman–Crippen MR) is 127 cm³/mol. The minimum Gasteiger partial charge on any atom is -0.309 e. The van der Waals surface area contributed by atoms with Gasteiger partial charge in [-0.15, -0.1) is 0 Å². The zero-order chi connectivity index (χ0) is 20.1. The van der Waals surface area contributed by atoms with Crippen molar-refractivity contribution in [1.82, 2.24) is 0 Å². The molecule has 1 nitrogen and oxygen atoms in total. The third-order valence-electron chi connectivity index (χ3n) is 4.83. The molecule has 0 aliphatic rings. The molecule has 0 heterocycles. The summed E-state index contributed by atoms with van der Waals surface area (Å²) in [5.74, 6) is 1.97. The van der Waals surface area contributed by atoms with Crippen molar-refractivity contribution >= 4 is 39.3 Å². The largest absolute Gasteiger partial charge is 0.309 e. The third kappa shape index (κ3) is 4.34. The second kappa shape index (κ2) is 8.78. The maximum Gasteiger partial charge on any atom is 0.164 e. The summed E-state index contributed by atoms with van der Waals surface area (Å²) in [7, 11) is -3.00. The quantitative estimate of drug-likeness (QED) is 0.298. The fraction of sp³-hybridized carbons (Fsp3) is 0. The first-order valence-electron chi connectivity index (χ1n) is 9.42. The molecular formula is C26H20BrOP.